The van der Waals surface area contributed by atoms with Gasteiger partial charge in [-0.05, 0) is 46.4 Å². The number of hydrogen-bond acceptors (Lipinski definition) is 1. The highest BCUT2D eigenvalue weighted by atomic mass is 127. The van der Waals surface area contributed by atoms with Gasteiger partial charge < -0.3 is 5.73 Å². The number of nitrogen functional groups attached to an aromatic ring is 1. The molecule has 0 bridgehead atoms. The number of benzene rings is 1. The van der Waals surface area contributed by atoms with E-state index in [1.807, 2.05) is 6.07 Å². The van der Waals surface area contributed by atoms with Crippen molar-refractivity contribution in [3.8, 4) is 0 Å². The van der Waals surface area contributed by atoms with Crippen LogP contribution in [0.5, 0.6) is 0 Å². The van der Waals surface area contributed by atoms with Crippen LogP contribution in [0.3, 0.4) is 0 Å². The minimum absolute atomic E-state index is 0.441. The van der Waals surface area contributed by atoms with Crippen molar-refractivity contribution in [1.29, 1.82) is 0 Å². The third-order valence-electron chi connectivity index (χ3n) is 1.21. The maximum Gasteiger partial charge on any atom is 0.116 e. The summed E-state index contributed by atoms with van der Waals surface area (Å²) in [7, 11) is 0. The number of halogens is 2. The number of rotatable bonds is 1. The van der Waals surface area contributed by atoms with Crippen LogP contribution in [0.15, 0.2) is 18.2 Å². The molecule has 0 saturated carbocycles. The van der Waals surface area contributed by atoms with Gasteiger partial charge in [-0.3, -0.25) is 0 Å². The highest BCUT2D eigenvalue weighted by Crippen LogP contribution is 2.16. The van der Waals surface area contributed by atoms with Gasteiger partial charge in [0.15, 0.2) is 0 Å². The van der Waals surface area contributed by atoms with Crippen LogP contribution in [-0.4, -0.2) is 0 Å². The lowest BCUT2D eigenvalue weighted by molar-refractivity contribution is 0.484. The lowest BCUT2D eigenvalue weighted by atomic mass is 10.2. The van der Waals surface area contributed by atoms with Crippen LogP contribution >= 0.6 is 22.6 Å². The van der Waals surface area contributed by atoms with Crippen molar-refractivity contribution in [2.24, 2.45) is 0 Å². The zero-order valence-corrected chi connectivity index (χ0v) is 7.43. The quantitative estimate of drug-likeness (QED) is 0.601. The molecule has 54 valence electrons. The Bertz CT molecular complexity index is 237. The van der Waals surface area contributed by atoms with Gasteiger partial charge in [0.05, 0.1) is 0 Å². The van der Waals surface area contributed by atoms with E-state index in [4.69, 9.17) is 5.73 Å². The third kappa shape index (κ3) is 1.59. The van der Waals surface area contributed by atoms with Crippen molar-refractivity contribution < 1.29 is 4.39 Å². The minimum atomic E-state index is -0.441. The van der Waals surface area contributed by atoms with Gasteiger partial charge in [0.25, 0.3) is 0 Å². The average molecular weight is 251 g/mol. The first kappa shape index (κ1) is 7.78. The molecule has 3 heteroatoms. The largest absolute Gasteiger partial charge is 0.399 e. The normalized spacial score (nSPS) is 9.80. The Kier molecular flexibility index (Phi) is 2.48. The molecule has 1 rings (SSSR count). The van der Waals surface area contributed by atoms with Crippen molar-refractivity contribution in [1.82, 2.24) is 0 Å². The van der Waals surface area contributed by atoms with E-state index in [9.17, 15) is 4.39 Å². The van der Waals surface area contributed by atoms with E-state index in [-0.39, 0.29) is 0 Å². The highest BCUT2D eigenvalue weighted by Gasteiger charge is 1.97. The van der Waals surface area contributed by atoms with Gasteiger partial charge in [-0.25, -0.2) is 4.39 Å². The molecule has 0 aliphatic rings. The molecule has 0 fully saturated rings. The van der Waals surface area contributed by atoms with Crippen molar-refractivity contribution >= 4 is 28.3 Å². The maximum atomic E-state index is 12.1. The molecule has 0 amide bonds. The summed E-state index contributed by atoms with van der Waals surface area (Å²) in [5.74, 6) is 0. The molecule has 10 heavy (non-hydrogen) atoms. The summed E-state index contributed by atoms with van der Waals surface area (Å²) in [5, 5.41) is 0. The van der Waals surface area contributed by atoms with Gasteiger partial charge in [-0.1, -0.05) is 0 Å². The molecule has 0 aromatic heterocycles. The predicted octanol–water partition coefficient (Wildman–Crippen LogP) is 2.34. The first-order valence-electron chi connectivity index (χ1n) is 2.84. The summed E-state index contributed by atoms with van der Waals surface area (Å²) >= 11 is 2.08. The summed E-state index contributed by atoms with van der Waals surface area (Å²) in [4.78, 5) is 0. The van der Waals surface area contributed by atoms with Gasteiger partial charge in [0, 0.05) is 9.26 Å². The van der Waals surface area contributed by atoms with E-state index in [0.717, 1.165) is 3.57 Å². The van der Waals surface area contributed by atoms with E-state index in [0.29, 0.717) is 11.3 Å². The maximum absolute atomic E-state index is 12.1. The second-order valence-electron chi connectivity index (χ2n) is 1.98. The lowest BCUT2D eigenvalue weighted by Gasteiger charge is -1.99. The van der Waals surface area contributed by atoms with E-state index >= 15 is 0 Å². The second kappa shape index (κ2) is 3.18. The smallest absolute Gasteiger partial charge is 0.116 e. The van der Waals surface area contributed by atoms with Gasteiger partial charge in [0.1, 0.15) is 6.67 Å². The van der Waals surface area contributed by atoms with Crippen LogP contribution in [0.2, 0.25) is 0 Å². The molecule has 0 aliphatic carbocycles. The van der Waals surface area contributed by atoms with Crippen molar-refractivity contribution in [2.45, 2.75) is 6.67 Å². The minimum Gasteiger partial charge on any atom is -0.399 e. The van der Waals surface area contributed by atoms with Crippen molar-refractivity contribution in [3.63, 3.8) is 0 Å². The predicted molar refractivity (Wildman–Crippen MR) is 48.4 cm³/mol. The molecule has 0 aliphatic heterocycles. The molecule has 0 spiro atoms. The molecule has 0 unspecified atom stereocenters. The van der Waals surface area contributed by atoms with E-state index in [1.54, 1.807) is 12.1 Å². The molecule has 0 radical (unpaired) electrons. The summed E-state index contributed by atoms with van der Waals surface area (Å²) in [5.41, 5.74) is 6.72. The van der Waals surface area contributed by atoms with Gasteiger partial charge >= 0.3 is 0 Å². The fourth-order valence-corrected chi connectivity index (χ4v) is 1.18. The SMILES string of the molecule is Nc1ccc(I)c(CF)c1. The van der Waals surface area contributed by atoms with E-state index in [1.165, 1.54) is 0 Å². The molecular formula is C7H7FIN. The van der Waals surface area contributed by atoms with Crippen molar-refractivity contribution in [2.75, 3.05) is 5.73 Å². The molecular weight excluding hydrogens is 244 g/mol. The van der Waals surface area contributed by atoms with Crippen molar-refractivity contribution in [3.05, 3.63) is 27.3 Å². The Balaban J connectivity index is 3.09. The first-order chi connectivity index (χ1) is 4.74. The standard InChI is InChI=1S/C7H7FIN/c8-4-5-3-6(10)1-2-7(5)9/h1-3H,4,10H2. The monoisotopic (exact) mass is 251 g/mol. The van der Waals surface area contributed by atoms with Crippen LogP contribution in [0.25, 0.3) is 0 Å². The second-order valence-corrected chi connectivity index (χ2v) is 3.15. The molecule has 1 aromatic rings. The van der Waals surface area contributed by atoms with E-state index < -0.39 is 6.67 Å². The number of nitrogens with two attached hydrogens (primary N) is 1. The Hall–Kier alpha value is -0.320. The Morgan fingerprint density at radius 1 is 1.50 bits per heavy atom. The number of hydrogen-bond donors (Lipinski definition) is 1. The fourth-order valence-electron chi connectivity index (χ4n) is 0.697. The van der Waals surface area contributed by atoms with Gasteiger partial charge in [0.2, 0.25) is 0 Å². The summed E-state index contributed by atoms with van der Waals surface area (Å²) in [6.45, 7) is -0.441. The zero-order valence-electron chi connectivity index (χ0n) is 5.27. The highest BCUT2D eigenvalue weighted by molar-refractivity contribution is 14.1. The Morgan fingerprint density at radius 3 is 2.70 bits per heavy atom. The molecule has 2 N–H and O–H groups in total. The summed E-state index contributed by atoms with van der Waals surface area (Å²) in [6.07, 6.45) is 0. The lowest BCUT2D eigenvalue weighted by Crippen LogP contribution is -1.89. The van der Waals surface area contributed by atoms with Gasteiger partial charge in [-0.15, -0.1) is 0 Å². The third-order valence-corrected chi connectivity index (χ3v) is 2.27. The molecule has 0 saturated heterocycles. The van der Waals surface area contributed by atoms with Crippen LogP contribution in [-0.2, 0) is 6.67 Å². The molecule has 1 aromatic carbocycles. The van der Waals surface area contributed by atoms with E-state index in [2.05, 4.69) is 22.6 Å². The van der Waals surface area contributed by atoms with Crippen LogP contribution in [0.4, 0.5) is 10.1 Å². The first-order valence-corrected chi connectivity index (χ1v) is 3.92. The summed E-state index contributed by atoms with van der Waals surface area (Å²) < 4.78 is 13.0. The number of alkyl halides is 1. The molecule has 0 atom stereocenters. The van der Waals surface area contributed by atoms with Gasteiger partial charge in [-0.2, -0.15) is 0 Å². The number of anilines is 1. The Morgan fingerprint density at radius 2 is 2.20 bits per heavy atom. The van der Waals surface area contributed by atoms with Crippen LogP contribution in [0, 0.1) is 3.57 Å². The summed E-state index contributed by atoms with van der Waals surface area (Å²) in [6, 6.07) is 5.23. The van der Waals surface area contributed by atoms with Crippen LogP contribution in [0.1, 0.15) is 5.56 Å². The zero-order chi connectivity index (χ0) is 7.56. The average Bonchev–Trinajstić information content (AvgIpc) is 1.94. The Labute approximate surface area is 72.6 Å². The van der Waals surface area contributed by atoms with Crippen LogP contribution < -0.4 is 5.73 Å². The fraction of sp³-hybridized carbons (Fsp3) is 0.143. The molecule has 0 heterocycles. The topological polar surface area (TPSA) is 26.0 Å². The molecule has 1 nitrogen and oxygen atoms in total.